The normalized spacial score (nSPS) is 10.6. The van der Waals surface area contributed by atoms with E-state index in [1.165, 1.54) is 63.3 Å². The summed E-state index contributed by atoms with van der Waals surface area (Å²) in [5.41, 5.74) is 0.0363. The molecule has 27 heavy (non-hydrogen) atoms. The molecule has 1 N–H and O–H groups in total. The van der Waals surface area contributed by atoms with Crippen LogP contribution in [-0.4, -0.2) is 17.6 Å². The van der Waals surface area contributed by atoms with Crippen molar-refractivity contribution in [3.8, 4) is 11.5 Å². The second-order valence-electron chi connectivity index (χ2n) is 6.63. The first-order valence-corrected chi connectivity index (χ1v) is 9.83. The van der Waals surface area contributed by atoms with Crippen LogP contribution in [0.2, 0.25) is 0 Å². The summed E-state index contributed by atoms with van der Waals surface area (Å²) in [5, 5.41) is 0. The Bertz CT molecular complexity index is 716. The van der Waals surface area contributed by atoms with Crippen molar-refractivity contribution >= 4 is 5.97 Å². The maximum absolute atomic E-state index is 12.0. The number of benzene rings is 1. The summed E-state index contributed by atoms with van der Waals surface area (Å²) < 4.78 is 11.0. The highest BCUT2D eigenvalue weighted by Gasteiger charge is 2.08. The van der Waals surface area contributed by atoms with Gasteiger partial charge in [0.1, 0.15) is 11.5 Å². The summed E-state index contributed by atoms with van der Waals surface area (Å²) in [6.45, 7) is 2.94. The van der Waals surface area contributed by atoms with E-state index in [0.717, 1.165) is 12.2 Å². The van der Waals surface area contributed by atoms with Gasteiger partial charge < -0.3 is 14.5 Å². The minimum atomic E-state index is -0.515. The number of carbonyl (C=O) groups is 1. The van der Waals surface area contributed by atoms with Gasteiger partial charge >= 0.3 is 5.97 Å². The number of carbonyl (C=O) groups excluding carboxylic acids is 1. The quantitative estimate of drug-likeness (QED) is 0.320. The first-order chi connectivity index (χ1) is 13.2. The van der Waals surface area contributed by atoms with Gasteiger partial charge in [0, 0.05) is 12.3 Å². The summed E-state index contributed by atoms with van der Waals surface area (Å²) in [4.78, 5) is 25.5. The number of esters is 1. The number of pyridine rings is 1. The summed E-state index contributed by atoms with van der Waals surface area (Å²) >= 11 is 0. The number of aromatic nitrogens is 1. The Morgan fingerprint density at radius 1 is 0.852 bits per heavy atom. The van der Waals surface area contributed by atoms with Gasteiger partial charge in [-0.1, -0.05) is 51.9 Å². The van der Waals surface area contributed by atoms with Crippen molar-refractivity contribution in [2.24, 2.45) is 0 Å². The first-order valence-electron chi connectivity index (χ1n) is 9.83. The van der Waals surface area contributed by atoms with E-state index >= 15 is 0 Å². The zero-order valence-electron chi connectivity index (χ0n) is 16.0. The van der Waals surface area contributed by atoms with Crippen LogP contribution in [0.4, 0.5) is 0 Å². The number of H-pyrrole nitrogens is 1. The first kappa shape index (κ1) is 20.7. The third-order valence-electron chi connectivity index (χ3n) is 4.32. The number of unbranched alkanes of at least 4 members (excludes halogenated alkanes) is 7. The van der Waals surface area contributed by atoms with Gasteiger partial charge in [0.25, 0.3) is 0 Å². The number of hydrogen-bond acceptors (Lipinski definition) is 4. The predicted molar refractivity (Wildman–Crippen MR) is 107 cm³/mol. The molecule has 0 saturated heterocycles. The summed E-state index contributed by atoms with van der Waals surface area (Å²) in [6.07, 6.45) is 11.5. The molecule has 1 aromatic heterocycles. The Kier molecular flexibility index (Phi) is 9.18. The Labute approximate surface area is 160 Å². The van der Waals surface area contributed by atoms with Crippen LogP contribution in [-0.2, 0) is 0 Å². The molecule has 2 aromatic rings. The largest absolute Gasteiger partial charge is 0.494 e. The Morgan fingerprint density at radius 3 is 2.11 bits per heavy atom. The highest BCUT2D eigenvalue weighted by molar-refractivity contribution is 5.90. The minimum absolute atomic E-state index is 0.260. The molecule has 5 heteroatoms. The van der Waals surface area contributed by atoms with Crippen LogP contribution in [0.5, 0.6) is 11.5 Å². The fourth-order valence-corrected chi connectivity index (χ4v) is 2.73. The van der Waals surface area contributed by atoms with Crippen molar-refractivity contribution in [3.63, 3.8) is 0 Å². The lowest BCUT2D eigenvalue weighted by atomic mass is 10.1. The standard InChI is InChI=1S/C22H29NO4/c1-2-3-4-5-6-7-8-9-16-26-19-11-13-20(14-12-19)27-22(25)18-10-15-21(24)23-17-18/h10-15,17H,2-9,16H2,1H3,(H,23,24). The summed E-state index contributed by atoms with van der Waals surface area (Å²) in [6, 6.07) is 9.71. The van der Waals surface area contributed by atoms with Gasteiger partial charge in [-0.25, -0.2) is 4.79 Å². The van der Waals surface area contributed by atoms with E-state index in [1.807, 2.05) is 0 Å². The molecular formula is C22H29NO4. The third kappa shape index (κ3) is 8.11. The van der Waals surface area contributed by atoms with Gasteiger partial charge in [0.15, 0.2) is 0 Å². The van der Waals surface area contributed by atoms with E-state index in [-0.39, 0.29) is 5.56 Å². The molecule has 0 aliphatic rings. The number of hydrogen-bond donors (Lipinski definition) is 1. The molecule has 0 saturated carbocycles. The zero-order valence-corrected chi connectivity index (χ0v) is 16.0. The molecule has 0 radical (unpaired) electrons. The molecule has 146 valence electrons. The summed E-state index contributed by atoms with van der Waals surface area (Å²) in [7, 11) is 0. The fourth-order valence-electron chi connectivity index (χ4n) is 2.73. The molecule has 0 spiro atoms. The van der Waals surface area contributed by atoms with Crippen LogP contribution >= 0.6 is 0 Å². The van der Waals surface area contributed by atoms with E-state index in [2.05, 4.69) is 11.9 Å². The van der Waals surface area contributed by atoms with Gasteiger partial charge in [-0.15, -0.1) is 0 Å². The molecule has 0 fully saturated rings. The number of ether oxygens (including phenoxy) is 2. The van der Waals surface area contributed by atoms with Gasteiger partial charge in [-0.05, 0) is 36.8 Å². The highest BCUT2D eigenvalue weighted by atomic mass is 16.5. The topological polar surface area (TPSA) is 68.4 Å². The van der Waals surface area contributed by atoms with Crippen LogP contribution in [0.15, 0.2) is 47.4 Å². The van der Waals surface area contributed by atoms with E-state index in [9.17, 15) is 9.59 Å². The van der Waals surface area contributed by atoms with Gasteiger partial charge in [-0.3, -0.25) is 4.79 Å². The van der Waals surface area contributed by atoms with Crippen molar-refractivity contribution in [1.29, 1.82) is 0 Å². The maximum atomic E-state index is 12.0. The number of nitrogens with one attached hydrogen (secondary N) is 1. The van der Waals surface area contributed by atoms with E-state index < -0.39 is 5.97 Å². The molecule has 0 bridgehead atoms. The molecule has 0 unspecified atom stereocenters. The number of rotatable bonds is 12. The monoisotopic (exact) mass is 371 g/mol. The zero-order chi connectivity index (χ0) is 19.3. The highest BCUT2D eigenvalue weighted by Crippen LogP contribution is 2.19. The van der Waals surface area contributed by atoms with Crippen LogP contribution in [0.1, 0.15) is 68.6 Å². The van der Waals surface area contributed by atoms with Crippen LogP contribution in [0.25, 0.3) is 0 Å². The SMILES string of the molecule is CCCCCCCCCCOc1ccc(OC(=O)c2ccc(=O)[nH]c2)cc1. The lowest BCUT2D eigenvalue weighted by molar-refractivity contribution is 0.0734. The van der Waals surface area contributed by atoms with Crippen molar-refractivity contribution in [1.82, 2.24) is 4.98 Å². The lowest BCUT2D eigenvalue weighted by Crippen LogP contribution is -2.12. The van der Waals surface area contributed by atoms with Crippen molar-refractivity contribution in [2.75, 3.05) is 6.61 Å². The van der Waals surface area contributed by atoms with E-state index in [1.54, 1.807) is 24.3 Å². The molecule has 0 amide bonds. The third-order valence-corrected chi connectivity index (χ3v) is 4.32. The summed E-state index contributed by atoms with van der Waals surface area (Å²) in [5.74, 6) is 0.686. The van der Waals surface area contributed by atoms with Crippen LogP contribution in [0, 0.1) is 0 Å². The van der Waals surface area contributed by atoms with Gasteiger partial charge in [0.05, 0.1) is 12.2 Å². The molecule has 0 aliphatic heterocycles. The smallest absolute Gasteiger partial charge is 0.345 e. The fraction of sp³-hybridized carbons (Fsp3) is 0.455. The van der Waals surface area contributed by atoms with Crippen LogP contribution < -0.4 is 15.0 Å². The Balaban J connectivity index is 1.64. The second-order valence-corrected chi connectivity index (χ2v) is 6.63. The molecule has 0 atom stereocenters. The van der Waals surface area contributed by atoms with E-state index in [4.69, 9.17) is 9.47 Å². The molecular weight excluding hydrogens is 342 g/mol. The van der Waals surface area contributed by atoms with Crippen molar-refractivity contribution in [3.05, 3.63) is 58.5 Å². The average molecular weight is 371 g/mol. The van der Waals surface area contributed by atoms with Crippen LogP contribution in [0.3, 0.4) is 0 Å². The molecule has 5 nitrogen and oxygen atoms in total. The van der Waals surface area contributed by atoms with Crippen molar-refractivity contribution in [2.45, 2.75) is 58.3 Å². The lowest BCUT2D eigenvalue weighted by Gasteiger charge is -2.08. The minimum Gasteiger partial charge on any atom is -0.494 e. The average Bonchev–Trinajstić information content (AvgIpc) is 2.68. The Morgan fingerprint density at radius 2 is 1.48 bits per heavy atom. The molecule has 0 aliphatic carbocycles. The molecule has 1 aromatic carbocycles. The molecule has 1 heterocycles. The maximum Gasteiger partial charge on any atom is 0.345 e. The van der Waals surface area contributed by atoms with Gasteiger partial charge in [0.2, 0.25) is 5.56 Å². The second kappa shape index (κ2) is 11.9. The van der Waals surface area contributed by atoms with Gasteiger partial charge in [-0.2, -0.15) is 0 Å². The van der Waals surface area contributed by atoms with Crippen molar-refractivity contribution < 1.29 is 14.3 Å². The number of aromatic amines is 1. The Hall–Kier alpha value is -2.56. The van der Waals surface area contributed by atoms with E-state index in [0.29, 0.717) is 17.9 Å². The predicted octanol–water partition coefficient (Wildman–Crippen LogP) is 5.11. The molecule has 2 rings (SSSR count).